The van der Waals surface area contributed by atoms with Gasteiger partial charge in [0.1, 0.15) is 0 Å². The predicted octanol–water partition coefficient (Wildman–Crippen LogP) is 6.77. The molecule has 1 N–H and O–H groups in total. The van der Waals surface area contributed by atoms with Gasteiger partial charge in [-0.15, -0.1) is 0 Å². The van der Waals surface area contributed by atoms with Gasteiger partial charge < -0.3 is 5.11 Å². The summed E-state index contributed by atoms with van der Waals surface area (Å²) in [5, 5.41) is 8.50. The monoisotopic (exact) mass is 330 g/mol. The summed E-state index contributed by atoms with van der Waals surface area (Å²) >= 11 is 0. The van der Waals surface area contributed by atoms with Crippen molar-refractivity contribution in [2.24, 2.45) is 0 Å². The van der Waals surface area contributed by atoms with Crippen molar-refractivity contribution in [2.45, 2.75) is 71.1 Å². The molecule has 24 heavy (non-hydrogen) atoms. The second-order valence-corrected chi connectivity index (χ2v) is 5.69. The lowest BCUT2D eigenvalue weighted by Gasteiger charge is -1.93. The third kappa shape index (κ3) is 20.2. The number of aliphatic carboxylic acids is 1. The lowest BCUT2D eigenvalue weighted by molar-refractivity contribution is -0.136. The molecule has 0 radical (unpaired) electrons. The summed E-state index contributed by atoms with van der Waals surface area (Å²) in [6, 6.07) is 0. The van der Waals surface area contributed by atoms with Gasteiger partial charge in [-0.05, 0) is 57.8 Å². The Morgan fingerprint density at radius 2 is 1.08 bits per heavy atom. The summed E-state index contributed by atoms with van der Waals surface area (Å²) in [5.74, 6) is -0.732. The molecule has 0 rings (SSSR count). The van der Waals surface area contributed by atoms with Crippen LogP contribution in [0.4, 0.5) is 0 Å². The van der Waals surface area contributed by atoms with Crippen LogP contribution in [0.2, 0.25) is 0 Å². The first-order chi connectivity index (χ1) is 11.8. The number of rotatable bonds is 15. The number of unbranched alkanes of at least 4 members (excludes halogenated alkanes) is 3. The minimum atomic E-state index is -0.732. The van der Waals surface area contributed by atoms with Gasteiger partial charge in [0.2, 0.25) is 0 Å². The lowest BCUT2D eigenvalue weighted by Crippen LogP contribution is -1.91. The Kier molecular flexibility index (Phi) is 17.8. The van der Waals surface area contributed by atoms with E-state index in [0.29, 0.717) is 6.42 Å². The zero-order valence-corrected chi connectivity index (χ0v) is 15.2. The maximum absolute atomic E-state index is 10.3. The molecule has 0 fully saturated rings. The molecule has 0 unspecified atom stereocenters. The summed E-state index contributed by atoms with van der Waals surface area (Å²) in [7, 11) is 0. The highest BCUT2D eigenvalue weighted by Gasteiger charge is 1.90. The second kappa shape index (κ2) is 19.2. The van der Waals surface area contributed by atoms with Gasteiger partial charge in [-0.2, -0.15) is 0 Å². The van der Waals surface area contributed by atoms with Gasteiger partial charge in [0.05, 0.1) is 0 Å². The van der Waals surface area contributed by atoms with Crippen molar-refractivity contribution in [3.05, 3.63) is 60.8 Å². The molecule has 0 amide bonds. The average Bonchev–Trinajstić information content (AvgIpc) is 2.56. The van der Waals surface area contributed by atoms with Crippen molar-refractivity contribution in [3.63, 3.8) is 0 Å². The molecule has 2 nitrogen and oxygen atoms in total. The van der Waals surface area contributed by atoms with Crippen LogP contribution in [0, 0.1) is 0 Å². The van der Waals surface area contributed by atoms with E-state index in [1.54, 1.807) is 0 Å². The molecular formula is C22H34O2. The summed E-state index contributed by atoms with van der Waals surface area (Å²) in [5.41, 5.74) is 0. The van der Waals surface area contributed by atoms with Crippen LogP contribution in [0.1, 0.15) is 71.1 Å². The first kappa shape index (κ1) is 22.2. The number of hydrogen-bond acceptors (Lipinski definition) is 1. The van der Waals surface area contributed by atoms with Crippen LogP contribution in [0.15, 0.2) is 60.8 Å². The van der Waals surface area contributed by atoms with Crippen LogP contribution < -0.4 is 0 Å². The normalized spacial score (nSPS) is 12.7. The third-order valence-electron chi connectivity index (χ3n) is 3.40. The molecule has 2 heteroatoms. The number of hydrogen-bond donors (Lipinski definition) is 1. The van der Waals surface area contributed by atoms with E-state index in [4.69, 9.17) is 5.11 Å². The Bertz CT molecular complexity index is 425. The highest BCUT2D eigenvalue weighted by molar-refractivity contribution is 5.66. The van der Waals surface area contributed by atoms with Gasteiger partial charge in [0.25, 0.3) is 0 Å². The molecule has 0 heterocycles. The van der Waals surface area contributed by atoms with E-state index < -0.39 is 5.97 Å². The van der Waals surface area contributed by atoms with E-state index in [1.807, 2.05) is 12.2 Å². The Morgan fingerprint density at radius 3 is 1.54 bits per heavy atom. The van der Waals surface area contributed by atoms with Crippen LogP contribution in [-0.2, 0) is 4.79 Å². The van der Waals surface area contributed by atoms with Crippen LogP contribution in [-0.4, -0.2) is 11.1 Å². The number of allylic oxidation sites excluding steroid dienone is 10. The molecule has 0 saturated carbocycles. The van der Waals surface area contributed by atoms with Gasteiger partial charge >= 0.3 is 5.97 Å². The number of carbonyl (C=O) groups is 1. The molecule has 0 aliphatic heterocycles. The van der Waals surface area contributed by atoms with Gasteiger partial charge in [-0.3, -0.25) is 4.79 Å². The summed E-state index contributed by atoms with van der Waals surface area (Å²) in [6.07, 6.45) is 31.4. The fourth-order valence-electron chi connectivity index (χ4n) is 2.06. The van der Waals surface area contributed by atoms with Crippen molar-refractivity contribution in [1.29, 1.82) is 0 Å². The SMILES string of the molecule is CC/C=C/C/C=C/C/C=C/CCCC/C=C/C/C=C/CCC(=O)O. The zero-order valence-electron chi connectivity index (χ0n) is 15.2. The van der Waals surface area contributed by atoms with Crippen LogP contribution in [0.5, 0.6) is 0 Å². The maximum atomic E-state index is 10.3. The molecule has 0 aliphatic rings. The van der Waals surface area contributed by atoms with Gasteiger partial charge in [-0.1, -0.05) is 67.7 Å². The average molecular weight is 331 g/mol. The van der Waals surface area contributed by atoms with Crippen LogP contribution in [0.25, 0.3) is 0 Å². The Balaban J connectivity index is 3.37. The fraction of sp³-hybridized carbons (Fsp3) is 0.500. The van der Waals surface area contributed by atoms with Crippen molar-refractivity contribution < 1.29 is 9.90 Å². The lowest BCUT2D eigenvalue weighted by atomic mass is 10.1. The van der Waals surface area contributed by atoms with E-state index in [0.717, 1.165) is 38.5 Å². The molecule has 0 aromatic rings. The Labute approximate surface area is 148 Å². The molecular weight excluding hydrogens is 296 g/mol. The standard InChI is InChI=1S/C22H34O2/c1-2-3-4-5-6-7-8-9-10-11-12-13-14-15-16-17-18-19-20-21-22(23)24/h3-4,6-7,9-10,15-16,18-19H,2,5,8,11-14,17,20-21H2,1H3,(H,23,24)/b4-3+,7-6+,10-9+,16-15+,19-18+. The minimum Gasteiger partial charge on any atom is -0.481 e. The quantitative estimate of drug-likeness (QED) is 0.265. The first-order valence-electron chi connectivity index (χ1n) is 9.24. The summed E-state index contributed by atoms with van der Waals surface area (Å²) < 4.78 is 0. The molecule has 0 aliphatic carbocycles. The number of carboxylic acids is 1. The van der Waals surface area contributed by atoms with Crippen LogP contribution in [0.3, 0.4) is 0 Å². The largest absolute Gasteiger partial charge is 0.481 e. The van der Waals surface area contributed by atoms with Gasteiger partial charge in [0.15, 0.2) is 0 Å². The Morgan fingerprint density at radius 1 is 0.667 bits per heavy atom. The fourth-order valence-corrected chi connectivity index (χ4v) is 2.06. The van der Waals surface area contributed by atoms with E-state index in [2.05, 4.69) is 55.5 Å². The summed E-state index contributed by atoms with van der Waals surface area (Å²) in [6.45, 7) is 2.15. The van der Waals surface area contributed by atoms with Crippen molar-refractivity contribution in [2.75, 3.05) is 0 Å². The Hall–Kier alpha value is -1.83. The van der Waals surface area contributed by atoms with Gasteiger partial charge in [-0.25, -0.2) is 0 Å². The molecule has 134 valence electrons. The molecule has 0 atom stereocenters. The maximum Gasteiger partial charge on any atom is 0.303 e. The zero-order chi connectivity index (χ0) is 17.7. The molecule has 0 aromatic carbocycles. The van der Waals surface area contributed by atoms with Crippen molar-refractivity contribution in [3.8, 4) is 0 Å². The smallest absolute Gasteiger partial charge is 0.303 e. The first-order valence-corrected chi connectivity index (χ1v) is 9.24. The predicted molar refractivity (Wildman–Crippen MR) is 105 cm³/mol. The third-order valence-corrected chi connectivity index (χ3v) is 3.40. The molecule has 0 aromatic heterocycles. The van der Waals surface area contributed by atoms with Crippen LogP contribution >= 0.6 is 0 Å². The van der Waals surface area contributed by atoms with Gasteiger partial charge in [0, 0.05) is 6.42 Å². The minimum absolute atomic E-state index is 0.222. The molecule has 0 saturated heterocycles. The van der Waals surface area contributed by atoms with E-state index >= 15 is 0 Å². The van der Waals surface area contributed by atoms with Crippen molar-refractivity contribution in [1.82, 2.24) is 0 Å². The van der Waals surface area contributed by atoms with E-state index in [9.17, 15) is 4.79 Å². The summed E-state index contributed by atoms with van der Waals surface area (Å²) in [4.78, 5) is 10.3. The highest BCUT2D eigenvalue weighted by Crippen LogP contribution is 2.03. The topological polar surface area (TPSA) is 37.3 Å². The highest BCUT2D eigenvalue weighted by atomic mass is 16.4. The molecule has 0 bridgehead atoms. The van der Waals surface area contributed by atoms with E-state index in [1.165, 1.54) is 12.8 Å². The van der Waals surface area contributed by atoms with Crippen molar-refractivity contribution >= 4 is 5.97 Å². The second-order valence-electron chi connectivity index (χ2n) is 5.69. The molecule has 0 spiro atoms. The van der Waals surface area contributed by atoms with E-state index in [-0.39, 0.29) is 6.42 Å². The number of carboxylic acid groups (broad SMARTS) is 1.